The summed E-state index contributed by atoms with van der Waals surface area (Å²) in [7, 11) is 1.33. The van der Waals surface area contributed by atoms with Crippen LogP contribution in [0.3, 0.4) is 0 Å². The van der Waals surface area contributed by atoms with Crippen molar-refractivity contribution in [2.24, 2.45) is 5.92 Å². The van der Waals surface area contributed by atoms with E-state index in [1.165, 1.54) is 33.0 Å². The van der Waals surface area contributed by atoms with Gasteiger partial charge in [-0.05, 0) is 68.7 Å². The molecule has 1 aliphatic heterocycles. The maximum absolute atomic E-state index is 11.7. The zero-order valence-electron chi connectivity index (χ0n) is 14.8. The first-order valence-corrected chi connectivity index (χ1v) is 9.43. The average Bonchev–Trinajstić information content (AvgIpc) is 2.60. The number of halogens is 1. The summed E-state index contributed by atoms with van der Waals surface area (Å²) < 4.78 is 4.72. The Bertz CT molecular complexity index is 612. The SMILES string of the molecule is COC(=O)c1cc(NC(=S)NCCCN2CCC[C@@H](C)C2)ccc1Cl. The molecule has 138 valence electrons. The second kappa shape index (κ2) is 9.94. The zero-order chi connectivity index (χ0) is 18.2. The molecule has 0 radical (unpaired) electrons. The number of carbonyl (C=O) groups excluding carboxylic acids is 1. The standard InChI is InChI=1S/C18H26ClN3O2S/c1-13-5-3-9-22(12-13)10-4-8-20-18(25)21-14-6-7-16(19)15(11-14)17(23)24-2/h6-7,11,13H,3-5,8-10,12H2,1-2H3,(H2,20,21,25)/t13-/m1/s1. The van der Waals surface area contributed by atoms with Gasteiger partial charge in [-0.3, -0.25) is 0 Å². The molecule has 5 nitrogen and oxygen atoms in total. The fourth-order valence-electron chi connectivity index (χ4n) is 3.04. The van der Waals surface area contributed by atoms with Gasteiger partial charge in [-0.1, -0.05) is 18.5 Å². The molecule has 2 N–H and O–H groups in total. The third kappa shape index (κ3) is 6.45. The number of anilines is 1. The van der Waals surface area contributed by atoms with E-state index in [0.29, 0.717) is 21.4 Å². The normalized spacial score (nSPS) is 17.8. The highest BCUT2D eigenvalue weighted by Gasteiger charge is 2.15. The van der Waals surface area contributed by atoms with Crippen LogP contribution < -0.4 is 10.6 Å². The molecule has 0 aliphatic carbocycles. The van der Waals surface area contributed by atoms with Crippen molar-refractivity contribution in [2.75, 3.05) is 38.6 Å². The van der Waals surface area contributed by atoms with Gasteiger partial charge in [0.15, 0.2) is 5.11 Å². The second-order valence-electron chi connectivity index (χ2n) is 6.47. The third-order valence-electron chi connectivity index (χ3n) is 4.31. The number of nitrogens with one attached hydrogen (secondary N) is 2. The fourth-order valence-corrected chi connectivity index (χ4v) is 3.45. The van der Waals surface area contributed by atoms with Gasteiger partial charge in [0, 0.05) is 18.8 Å². The van der Waals surface area contributed by atoms with E-state index in [-0.39, 0.29) is 0 Å². The molecule has 0 spiro atoms. The summed E-state index contributed by atoms with van der Waals surface area (Å²) in [5, 5.41) is 7.16. The molecule has 1 atom stereocenters. The Morgan fingerprint density at radius 1 is 1.48 bits per heavy atom. The van der Waals surface area contributed by atoms with Crippen LogP contribution in [0.4, 0.5) is 5.69 Å². The summed E-state index contributed by atoms with van der Waals surface area (Å²) in [5.74, 6) is 0.335. The second-order valence-corrected chi connectivity index (χ2v) is 7.28. The number of piperidine rings is 1. The Balaban J connectivity index is 1.74. The number of carbonyl (C=O) groups is 1. The average molecular weight is 384 g/mol. The Labute approximate surface area is 160 Å². The van der Waals surface area contributed by atoms with E-state index in [9.17, 15) is 4.79 Å². The quantitative estimate of drug-likeness (QED) is 0.445. The molecule has 0 saturated carbocycles. The molecule has 0 amide bonds. The number of rotatable bonds is 6. The maximum Gasteiger partial charge on any atom is 0.339 e. The largest absolute Gasteiger partial charge is 0.465 e. The lowest BCUT2D eigenvalue weighted by Gasteiger charge is -2.30. The molecular formula is C18H26ClN3O2S. The lowest BCUT2D eigenvalue weighted by Crippen LogP contribution is -2.37. The molecule has 1 fully saturated rings. The molecule has 1 aliphatic rings. The smallest absolute Gasteiger partial charge is 0.339 e. The topological polar surface area (TPSA) is 53.6 Å². The maximum atomic E-state index is 11.7. The van der Waals surface area contributed by atoms with Crippen LogP contribution in [0.15, 0.2) is 18.2 Å². The van der Waals surface area contributed by atoms with Gasteiger partial charge in [0.05, 0.1) is 17.7 Å². The number of thiocarbonyl (C=S) groups is 1. The van der Waals surface area contributed by atoms with E-state index < -0.39 is 5.97 Å². The van der Waals surface area contributed by atoms with Crippen molar-refractivity contribution >= 4 is 40.6 Å². The molecule has 0 unspecified atom stereocenters. The number of hydrogen-bond acceptors (Lipinski definition) is 4. The van der Waals surface area contributed by atoms with Crippen molar-refractivity contribution in [3.63, 3.8) is 0 Å². The predicted octanol–water partition coefficient (Wildman–Crippen LogP) is 3.54. The van der Waals surface area contributed by atoms with Gasteiger partial charge in [-0.15, -0.1) is 0 Å². The number of benzene rings is 1. The molecule has 0 bridgehead atoms. The molecule has 2 rings (SSSR count). The summed E-state index contributed by atoms with van der Waals surface area (Å²) in [6.07, 6.45) is 3.69. The minimum Gasteiger partial charge on any atom is -0.465 e. The highest BCUT2D eigenvalue weighted by Crippen LogP contribution is 2.21. The van der Waals surface area contributed by atoms with Gasteiger partial charge in [-0.2, -0.15) is 0 Å². The number of methoxy groups -OCH3 is 1. The van der Waals surface area contributed by atoms with E-state index in [1.807, 2.05) is 0 Å². The number of ether oxygens (including phenoxy) is 1. The van der Waals surface area contributed by atoms with E-state index in [1.54, 1.807) is 18.2 Å². The van der Waals surface area contributed by atoms with Crippen LogP contribution in [0, 0.1) is 5.92 Å². The van der Waals surface area contributed by atoms with E-state index in [4.69, 9.17) is 28.6 Å². The van der Waals surface area contributed by atoms with Gasteiger partial charge in [0.25, 0.3) is 0 Å². The monoisotopic (exact) mass is 383 g/mol. The minimum atomic E-state index is -0.469. The Morgan fingerprint density at radius 2 is 2.28 bits per heavy atom. The number of hydrogen-bond donors (Lipinski definition) is 2. The van der Waals surface area contributed by atoms with Gasteiger partial charge in [0.2, 0.25) is 0 Å². The summed E-state index contributed by atoms with van der Waals surface area (Å²) >= 11 is 11.3. The van der Waals surface area contributed by atoms with Crippen molar-refractivity contribution in [3.8, 4) is 0 Å². The number of nitrogens with zero attached hydrogens (tertiary/aromatic N) is 1. The van der Waals surface area contributed by atoms with Crippen molar-refractivity contribution < 1.29 is 9.53 Å². The van der Waals surface area contributed by atoms with Crippen molar-refractivity contribution in [1.29, 1.82) is 0 Å². The first kappa shape index (κ1) is 19.9. The van der Waals surface area contributed by atoms with Crippen LogP contribution in [0.2, 0.25) is 5.02 Å². The van der Waals surface area contributed by atoms with E-state index >= 15 is 0 Å². The summed E-state index contributed by atoms with van der Waals surface area (Å²) in [6, 6.07) is 5.06. The predicted molar refractivity (Wildman–Crippen MR) is 106 cm³/mol. The van der Waals surface area contributed by atoms with Gasteiger partial charge in [0.1, 0.15) is 0 Å². The van der Waals surface area contributed by atoms with Crippen LogP contribution in [0.5, 0.6) is 0 Å². The Hall–Kier alpha value is -1.37. The lowest BCUT2D eigenvalue weighted by molar-refractivity contribution is 0.0601. The molecule has 0 aromatic heterocycles. The first-order valence-electron chi connectivity index (χ1n) is 8.64. The summed E-state index contributed by atoms with van der Waals surface area (Å²) in [5.41, 5.74) is 1.02. The van der Waals surface area contributed by atoms with Crippen LogP contribution >= 0.6 is 23.8 Å². The molecule has 1 saturated heterocycles. The fraction of sp³-hybridized carbons (Fsp3) is 0.556. The van der Waals surface area contributed by atoms with Crippen molar-refractivity contribution in [2.45, 2.75) is 26.2 Å². The molecular weight excluding hydrogens is 358 g/mol. The highest BCUT2D eigenvalue weighted by molar-refractivity contribution is 7.80. The lowest BCUT2D eigenvalue weighted by atomic mass is 10.0. The van der Waals surface area contributed by atoms with Crippen LogP contribution in [-0.2, 0) is 4.74 Å². The Kier molecular flexibility index (Phi) is 7.93. The molecule has 1 heterocycles. The van der Waals surface area contributed by atoms with Gasteiger partial charge >= 0.3 is 5.97 Å². The zero-order valence-corrected chi connectivity index (χ0v) is 16.4. The van der Waals surface area contributed by atoms with Crippen LogP contribution in [0.25, 0.3) is 0 Å². The first-order chi connectivity index (χ1) is 12.0. The minimum absolute atomic E-state index is 0.316. The molecule has 1 aromatic carbocycles. The van der Waals surface area contributed by atoms with Crippen LogP contribution in [0.1, 0.15) is 36.5 Å². The van der Waals surface area contributed by atoms with Gasteiger partial charge in [-0.25, -0.2) is 4.79 Å². The molecule has 7 heteroatoms. The summed E-state index contributed by atoms with van der Waals surface area (Å²) in [4.78, 5) is 14.2. The Morgan fingerprint density at radius 3 is 3.00 bits per heavy atom. The van der Waals surface area contributed by atoms with Crippen molar-refractivity contribution in [1.82, 2.24) is 10.2 Å². The van der Waals surface area contributed by atoms with E-state index in [2.05, 4.69) is 22.5 Å². The molecule has 1 aromatic rings. The summed E-state index contributed by atoms with van der Waals surface area (Å²) in [6.45, 7) is 6.62. The molecule has 25 heavy (non-hydrogen) atoms. The highest BCUT2D eigenvalue weighted by atomic mass is 35.5. The van der Waals surface area contributed by atoms with Crippen molar-refractivity contribution in [3.05, 3.63) is 28.8 Å². The third-order valence-corrected chi connectivity index (χ3v) is 4.88. The number of likely N-dealkylation sites (tertiary alicyclic amines) is 1. The number of esters is 1. The van der Waals surface area contributed by atoms with Gasteiger partial charge < -0.3 is 20.3 Å². The van der Waals surface area contributed by atoms with Crippen LogP contribution in [-0.4, -0.2) is 49.3 Å². The van der Waals surface area contributed by atoms with E-state index in [0.717, 1.165) is 25.4 Å².